The van der Waals surface area contributed by atoms with Crippen LogP contribution in [0.25, 0.3) is 0 Å². The molecule has 0 spiro atoms. The van der Waals surface area contributed by atoms with Gasteiger partial charge >= 0.3 is 0 Å². The normalized spacial score (nSPS) is 9.08. The summed E-state index contributed by atoms with van der Waals surface area (Å²) in [5.41, 5.74) is 1.70. The molecule has 0 unspecified atom stereocenters. The van der Waals surface area contributed by atoms with E-state index in [9.17, 15) is 0 Å². The Morgan fingerprint density at radius 2 is 1.92 bits per heavy atom. The zero-order valence-electron chi connectivity index (χ0n) is 8.05. The fourth-order valence-electron chi connectivity index (χ4n) is 1.24. The van der Waals surface area contributed by atoms with Gasteiger partial charge in [-0.3, -0.25) is 0 Å². The molecule has 1 rings (SSSR count). The average Bonchev–Trinajstić information content (AvgIpc) is 2.16. The van der Waals surface area contributed by atoms with Crippen molar-refractivity contribution >= 4 is 0 Å². The Balaban J connectivity index is 3.31. The molecule has 0 atom stereocenters. The van der Waals surface area contributed by atoms with Crippen molar-refractivity contribution in [1.29, 1.82) is 0 Å². The Morgan fingerprint density at radius 1 is 1.23 bits per heavy atom. The third kappa shape index (κ3) is 1.75. The van der Waals surface area contributed by atoms with E-state index in [2.05, 4.69) is 5.92 Å². The lowest BCUT2D eigenvalue weighted by atomic mass is 10.1. The van der Waals surface area contributed by atoms with Gasteiger partial charge in [-0.25, -0.2) is 0 Å². The van der Waals surface area contributed by atoms with E-state index in [1.54, 1.807) is 20.3 Å². The summed E-state index contributed by atoms with van der Waals surface area (Å²) in [6.07, 6.45) is 5.33. The van der Waals surface area contributed by atoms with E-state index in [0.29, 0.717) is 0 Å². The van der Waals surface area contributed by atoms with Crippen molar-refractivity contribution in [3.63, 3.8) is 0 Å². The highest BCUT2D eigenvalue weighted by Gasteiger charge is 2.06. The first-order chi connectivity index (χ1) is 6.22. The summed E-state index contributed by atoms with van der Waals surface area (Å²) in [5.74, 6) is 4.05. The van der Waals surface area contributed by atoms with E-state index in [4.69, 9.17) is 15.9 Å². The Kier molecular flexibility index (Phi) is 2.81. The summed E-state index contributed by atoms with van der Waals surface area (Å²) in [6, 6.07) is 3.67. The van der Waals surface area contributed by atoms with Gasteiger partial charge in [0.05, 0.1) is 19.8 Å². The predicted molar refractivity (Wildman–Crippen MR) is 52.2 cm³/mol. The molecule has 0 aromatic heterocycles. The largest absolute Gasteiger partial charge is 0.497 e. The Hall–Kier alpha value is -1.62. The maximum absolute atomic E-state index is 5.33. The summed E-state index contributed by atoms with van der Waals surface area (Å²) in [7, 11) is 3.22. The molecule has 1 aromatic carbocycles. The zero-order valence-corrected chi connectivity index (χ0v) is 8.05. The topological polar surface area (TPSA) is 18.5 Å². The third-order valence-corrected chi connectivity index (χ3v) is 1.84. The molecule has 0 N–H and O–H groups in total. The second-order valence-electron chi connectivity index (χ2n) is 2.67. The molecule has 0 amide bonds. The van der Waals surface area contributed by atoms with Crippen molar-refractivity contribution in [2.45, 2.75) is 6.92 Å². The van der Waals surface area contributed by atoms with Crippen molar-refractivity contribution < 1.29 is 9.47 Å². The van der Waals surface area contributed by atoms with Crippen LogP contribution in [0, 0.1) is 19.3 Å². The summed E-state index contributed by atoms with van der Waals surface area (Å²) >= 11 is 0. The predicted octanol–water partition coefficient (Wildman–Crippen LogP) is 1.99. The van der Waals surface area contributed by atoms with Crippen molar-refractivity contribution in [3.8, 4) is 23.8 Å². The van der Waals surface area contributed by atoms with Crippen LogP contribution >= 0.6 is 0 Å². The fraction of sp³-hybridized carbons (Fsp3) is 0.273. The molecule has 0 heterocycles. The number of benzene rings is 1. The number of aryl methyl sites for hydroxylation is 1. The number of hydrogen-bond donors (Lipinski definition) is 0. The Bertz CT molecular complexity index is 348. The highest BCUT2D eigenvalue weighted by atomic mass is 16.5. The summed E-state index contributed by atoms with van der Waals surface area (Å²) in [4.78, 5) is 0. The molecule has 2 nitrogen and oxygen atoms in total. The van der Waals surface area contributed by atoms with Crippen molar-refractivity contribution in [2.24, 2.45) is 0 Å². The molecule has 0 saturated carbocycles. The zero-order chi connectivity index (χ0) is 9.84. The van der Waals surface area contributed by atoms with Crippen LogP contribution in [0.2, 0.25) is 0 Å². The molecular weight excluding hydrogens is 164 g/mol. The van der Waals surface area contributed by atoms with Gasteiger partial charge in [-0.2, -0.15) is 0 Å². The van der Waals surface area contributed by atoms with E-state index in [-0.39, 0.29) is 0 Å². The first kappa shape index (κ1) is 9.47. The molecule has 0 aliphatic heterocycles. The number of hydrogen-bond acceptors (Lipinski definition) is 2. The quantitative estimate of drug-likeness (QED) is 0.641. The van der Waals surface area contributed by atoms with E-state index in [0.717, 1.165) is 22.6 Å². The monoisotopic (exact) mass is 176 g/mol. The SMILES string of the molecule is C#Cc1cc(OC)cc(C)c1OC. The van der Waals surface area contributed by atoms with Gasteiger partial charge in [0.1, 0.15) is 11.5 Å². The lowest BCUT2D eigenvalue weighted by Crippen LogP contribution is -1.93. The van der Waals surface area contributed by atoms with E-state index < -0.39 is 0 Å². The van der Waals surface area contributed by atoms with Crippen LogP contribution in [0.3, 0.4) is 0 Å². The molecule has 0 saturated heterocycles. The molecule has 0 fully saturated rings. The molecule has 68 valence electrons. The number of methoxy groups -OCH3 is 2. The van der Waals surface area contributed by atoms with Crippen LogP contribution in [-0.2, 0) is 0 Å². The molecule has 0 radical (unpaired) electrons. The van der Waals surface area contributed by atoms with Gasteiger partial charge in [0.25, 0.3) is 0 Å². The second-order valence-corrected chi connectivity index (χ2v) is 2.67. The average molecular weight is 176 g/mol. The molecule has 1 aromatic rings. The first-order valence-corrected chi connectivity index (χ1v) is 3.92. The summed E-state index contributed by atoms with van der Waals surface area (Å²) in [6.45, 7) is 1.93. The second kappa shape index (κ2) is 3.86. The lowest BCUT2D eigenvalue weighted by molar-refractivity contribution is 0.399. The van der Waals surface area contributed by atoms with Crippen LogP contribution in [0.4, 0.5) is 0 Å². The minimum atomic E-state index is 0.722. The van der Waals surface area contributed by atoms with Gasteiger partial charge in [0.2, 0.25) is 0 Å². The fourth-order valence-corrected chi connectivity index (χ4v) is 1.24. The maximum Gasteiger partial charge on any atom is 0.137 e. The number of terminal acetylenes is 1. The highest BCUT2D eigenvalue weighted by molar-refractivity contribution is 5.53. The Morgan fingerprint density at radius 3 is 2.38 bits per heavy atom. The molecule has 0 bridgehead atoms. The maximum atomic E-state index is 5.33. The molecule has 0 aliphatic rings. The van der Waals surface area contributed by atoms with Gasteiger partial charge in [0, 0.05) is 0 Å². The van der Waals surface area contributed by atoms with Gasteiger partial charge in [-0.1, -0.05) is 5.92 Å². The molecule has 0 aliphatic carbocycles. The van der Waals surface area contributed by atoms with Crippen LogP contribution in [0.1, 0.15) is 11.1 Å². The smallest absolute Gasteiger partial charge is 0.137 e. The van der Waals surface area contributed by atoms with E-state index >= 15 is 0 Å². The van der Waals surface area contributed by atoms with E-state index in [1.165, 1.54) is 0 Å². The van der Waals surface area contributed by atoms with Gasteiger partial charge in [-0.05, 0) is 24.6 Å². The standard InChI is InChI=1S/C11H12O2/c1-5-9-7-10(12-3)6-8(2)11(9)13-4/h1,6-7H,2-4H3. The lowest BCUT2D eigenvalue weighted by Gasteiger charge is -2.09. The minimum absolute atomic E-state index is 0.722. The Labute approximate surface area is 78.5 Å². The first-order valence-electron chi connectivity index (χ1n) is 3.92. The summed E-state index contributed by atoms with van der Waals surface area (Å²) < 4.78 is 10.3. The number of rotatable bonds is 2. The van der Waals surface area contributed by atoms with Gasteiger partial charge in [-0.15, -0.1) is 6.42 Å². The number of ether oxygens (including phenoxy) is 2. The van der Waals surface area contributed by atoms with Crippen LogP contribution in [-0.4, -0.2) is 14.2 Å². The van der Waals surface area contributed by atoms with E-state index in [1.807, 2.05) is 13.0 Å². The van der Waals surface area contributed by atoms with Crippen molar-refractivity contribution in [2.75, 3.05) is 14.2 Å². The summed E-state index contributed by atoms with van der Waals surface area (Å²) in [5, 5.41) is 0. The van der Waals surface area contributed by atoms with Crippen LogP contribution < -0.4 is 9.47 Å². The molecular formula is C11H12O2. The van der Waals surface area contributed by atoms with Crippen LogP contribution in [0.15, 0.2) is 12.1 Å². The van der Waals surface area contributed by atoms with Crippen LogP contribution in [0.5, 0.6) is 11.5 Å². The van der Waals surface area contributed by atoms with Gasteiger partial charge < -0.3 is 9.47 Å². The third-order valence-electron chi connectivity index (χ3n) is 1.84. The van der Waals surface area contributed by atoms with Gasteiger partial charge in [0.15, 0.2) is 0 Å². The van der Waals surface area contributed by atoms with Crippen molar-refractivity contribution in [3.05, 3.63) is 23.3 Å². The minimum Gasteiger partial charge on any atom is -0.497 e. The highest BCUT2D eigenvalue weighted by Crippen LogP contribution is 2.27. The molecule has 13 heavy (non-hydrogen) atoms. The van der Waals surface area contributed by atoms with Crippen molar-refractivity contribution in [1.82, 2.24) is 0 Å². The molecule has 2 heteroatoms.